The number of carbonyl (C=O) groups is 1. The van der Waals surface area contributed by atoms with Gasteiger partial charge in [-0.15, -0.1) is 0 Å². The second-order valence-corrected chi connectivity index (χ2v) is 6.60. The minimum absolute atomic E-state index is 0.366. The van der Waals surface area contributed by atoms with E-state index in [1.807, 2.05) is 36.7 Å². The number of aromatic amines is 1. The Labute approximate surface area is 172 Å². The standard InChI is InChI=1S/C21H17ClN6O/c22-15-3-1-4-16(11-15)26-21(29)27-18-6-2-5-17(12-18)25-20-24-10-8-19(28-20)14-7-9-23-13-14/h1-13,23H,(H,24,25,28)(H2,26,27,29). The van der Waals surface area contributed by atoms with E-state index in [-0.39, 0.29) is 6.03 Å². The third-order valence-corrected chi connectivity index (χ3v) is 4.24. The van der Waals surface area contributed by atoms with Crippen LogP contribution in [0.25, 0.3) is 11.3 Å². The van der Waals surface area contributed by atoms with E-state index in [9.17, 15) is 4.79 Å². The number of halogens is 1. The molecular weight excluding hydrogens is 388 g/mol. The first-order chi connectivity index (χ1) is 14.2. The number of rotatable bonds is 5. The van der Waals surface area contributed by atoms with Gasteiger partial charge in [-0.05, 0) is 48.5 Å². The van der Waals surface area contributed by atoms with Gasteiger partial charge < -0.3 is 20.9 Å². The van der Waals surface area contributed by atoms with Crippen LogP contribution in [0.4, 0.5) is 27.8 Å². The van der Waals surface area contributed by atoms with Crippen molar-refractivity contribution >= 4 is 40.6 Å². The number of urea groups is 1. The van der Waals surface area contributed by atoms with Crippen molar-refractivity contribution in [2.75, 3.05) is 16.0 Å². The lowest BCUT2D eigenvalue weighted by atomic mass is 10.2. The third kappa shape index (κ3) is 4.91. The van der Waals surface area contributed by atoms with E-state index in [1.165, 1.54) is 0 Å². The van der Waals surface area contributed by atoms with Crippen LogP contribution < -0.4 is 16.0 Å². The lowest BCUT2D eigenvalue weighted by Crippen LogP contribution is -2.19. The SMILES string of the molecule is O=C(Nc1cccc(Cl)c1)Nc1cccc(Nc2nccc(-c3cc[nH]c3)n2)c1. The molecular formula is C21H17ClN6O. The number of nitrogens with one attached hydrogen (secondary N) is 4. The predicted molar refractivity (Wildman–Crippen MR) is 116 cm³/mol. The molecule has 4 N–H and O–H groups in total. The number of aromatic nitrogens is 3. The number of benzene rings is 2. The van der Waals surface area contributed by atoms with Gasteiger partial charge in [0, 0.05) is 46.2 Å². The maximum absolute atomic E-state index is 12.2. The molecule has 0 aliphatic carbocycles. The normalized spacial score (nSPS) is 10.4. The molecule has 0 unspecified atom stereocenters. The summed E-state index contributed by atoms with van der Waals surface area (Å²) in [6.45, 7) is 0. The van der Waals surface area contributed by atoms with Gasteiger partial charge in [-0.25, -0.2) is 14.8 Å². The number of nitrogens with zero attached hydrogens (tertiary/aromatic N) is 2. The summed E-state index contributed by atoms with van der Waals surface area (Å²) in [5.41, 5.74) is 3.76. The number of amides is 2. The molecule has 4 rings (SSSR count). The van der Waals surface area contributed by atoms with E-state index in [1.54, 1.807) is 42.6 Å². The van der Waals surface area contributed by atoms with Crippen molar-refractivity contribution in [3.63, 3.8) is 0 Å². The lowest BCUT2D eigenvalue weighted by Gasteiger charge is -2.10. The molecule has 144 valence electrons. The molecule has 2 aromatic carbocycles. The van der Waals surface area contributed by atoms with Crippen molar-refractivity contribution in [1.29, 1.82) is 0 Å². The minimum Gasteiger partial charge on any atom is -0.367 e. The van der Waals surface area contributed by atoms with Gasteiger partial charge in [-0.3, -0.25) is 0 Å². The summed E-state index contributed by atoms with van der Waals surface area (Å²) in [5.74, 6) is 0.462. The van der Waals surface area contributed by atoms with Crippen molar-refractivity contribution in [3.05, 3.63) is 84.3 Å². The average Bonchev–Trinajstić information content (AvgIpc) is 3.23. The molecule has 7 nitrogen and oxygen atoms in total. The third-order valence-electron chi connectivity index (χ3n) is 4.01. The number of hydrogen-bond acceptors (Lipinski definition) is 4. The van der Waals surface area contributed by atoms with Crippen LogP contribution in [0, 0.1) is 0 Å². The predicted octanol–water partition coefficient (Wildman–Crippen LogP) is 5.51. The first-order valence-corrected chi connectivity index (χ1v) is 9.20. The minimum atomic E-state index is -0.366. The fraction of sp³-hybridized carbons (Fsp3) is 0. The molecule has 0 fully saturated rings. The molecule has 0 saturated heterocycles. The Bertz CT molecular complexity index is 1130. The summed E-state index contributed by atoms with van der Waals surface area (Å²) in [6.07, 6.45) is 5.40. The molecule has 4 aromatic rings. The molecule has 8 heteroatoms. The van der Waals surface area contributed by atoms with Gasteiger partial charge in [-0.1, -0.05) is 23.7 Å². The van der Waals surface area contributed by atoms with Gasteiger partial charge in [0.25, 0.3) is 0 Å². The summed E-state index contributed by atoms with van der Waals surface area (Å²) in [4.78, 5) is 24.0. The first-order valence-electron chi connectivity index (χ1n) is 8.82. The Morgan fingerprint density at radius 1 is 0.931 bits per heavy atom. The van der Waals surface area contributed by atoms with Gasteiger partial charge in [0.1, 0.15) is 0 Å². The van der Waals surface area contributed by atoms with Crippen LogP contribution in [0.15, 0.2) is 79.3 Å². The van der Waals surface area contributed by atoms with Crippen molar-refractivity contribution in [1.82, 2.24) is 15.0 Å². The summed E-state index contributed by atoms with van der Waals surface area (Å²) < 4.78 is 0. The van der Waals surface area contributed by atoms with Crippen molar-refractivity contribution < 1.29 is 4.79 Å². The Hall–Kier alpha value is -3.84. The lowest BCUT2D eigenvalue weighted by molar-refractivity contribution is 0.262. The fourth-order valence-corrected chi connectivity index (χ4v) is 2.92. The quantitative estimate of drug-likeness (QED) is 0.352. The molecule has 0 radical (unpaired) electrons. The molecule has 0 saturated carbocycles. The van der Waals surface area contributed by atoms with Gasteiger partial charge in [-0.2, -0.15) is 0 Å². The molecule has 2 aromatic heterocycles. The highest BCUT2D eigenvalue weighted by Gasteiger charge is 2.06. The van der Waals surface area contributed by atoms with Crippen LogP contribution in [0.5, 0.6) is 0 Å². The molecule has 29 heavy (non-hydrogen) atoms. The summed E-state index contributed by atoms with van der Waals surface area (Å²) >= 11 is 5.94. The smallest absolute Gasteiger partial charge is 0.323 e. The zero-order valence-electron chi connectivity index (χ0n) is 15.2. The molecule has 0 aliphatic heterocycles. The Kier molecular flexibility index (Phi) is 5.40. The van der Waals surface area contributed by atoms with Gasteiger partial charge in [0.2, 0.25) is 5.95 Å². The van der Waals surface area contributed by atoms with Crippen LogP contribution in [-0.2, 0) is 0 Å². The molecule has 0 spiro atoms. The number of carbonyl (C=O) groups excluding carboxylic acids is 1. The summed E-state index contributed by atoms with van der Waals surface area (Å²) in [7, 11) is 0. The van der Waals surface area contributed by atoms with E-state index in [0.29, 0.717) is 22.3 Å². The van der Waals surface area contributed by atoms with Crippen LogP contribution in [0.3, 0.4) is 0 Å². The van der Waals surface area contributed by atoms with Gasteiger partial charge in [0.15, 0.2) is 0 Å². The molecule has 2 heterocycles. The Balaban J connectivity index is 1.44. The topological polar surface area (TPSA) is 94.7 Å². The Morgan fingerprint density at radius 2 is 1.69 bits per heavy atom. The van der Waals surface area contributed by atoms with E-state index < -0.39 is 0 Å². The van der Waals surface area contributed by atoms with Crippen molar-refractivity contribution in [2.24, 2.45) is 0 Å². The second-order valence-electron chi connectivity index (χ2n) is 6.16. The molecule has 2 amide bonds. The van der Waals surface area contributed by atoms with Crippen LogP contribution in [-0.4, -0.2) is 21.0 Å². The highest BCUT2D eigenvalue weighted by Crippen LogP contribution is 2.21. The van der Waals surface area contributed by atoms with Crippen LogP contribution in [0.2, 0.25) is 5.02 Å². The maximum Gasteiger partial charge on any atom is 0.323 e. The molecule has 0 bridgehead atoms. The fourth-order valence-electron chi connectivity index (χ4n) is 2.73. The van der Waals surface area contributed by atoms with Gasteiger partial charge >= 0.3 is 6.03 Å². The zero-order chi connectivity index (χ0) is 20.1. The second kappa shape index (κ2) is 8.45. The van der Waals surface area contributed by atoms with Crippen molar-refractivity contribution in [2.45, 2.75) is 0 Å². The maximum atomic E-state index is 12.2. The molecule has 0 atom stereocenters. The van der Waals surface area contributed by atoms with E-state index in [4.69, 9.17) is 11.6 Å². The zero-order valence-corrected chi connectivity index (χ0v) is 15.9. The largest absolute Gasteiger partial charge is 0.367 e. The number of anilines is 4. The van der Waals surface area contributed by atoms with E-state index >= 15 is 0 Å². The van der Waals surface area contributed by atoms with Crippen molar-refractivity contribution in [3.8, 4) is 11.3 Å². The molecule has 0 aliphatic rings. The first kappa shape index (κ1) is 18.5. The monoisotopic (exact) mass is 404 g/mol. The van der Waals surface area contributed by atoms with Crippen LogP contribution in [0.1, 0.15) is 0 Å². The number of hydrogen-bond donors (Lipinski definition) is 4. The van der Waals surface area contributed by atoms with E-state index in [2.05, 4.69) is 30.9 Å². The summed E-state index contributed by atoms with van der Waals surface area (Å²) in [5, 5.41) is 9.24. The van der Waals surface area contributed by atoms with Gasteiger partial charge in [0.05, 0.1) is 5.69 Å². The average molecular weight is 405 g/mol. The van der Waals surface area contributed by atoms with Crippen LogP contribution >= 0.6 is 11.6 Å². The Morgan fingerprint density at radius 3 is 2.45 bits per heavy atom. The summed E-state index contributed by atoms with van der Waals surface area (Å²) in [6, 6.07) is 17.6. The number of H-pyrrole nitrogens is 1. The van der Waals surface area contributed by atoms with E-state index in [0.717, 1.165) is 16.9 Å². The highest BCUT2D eigenvalue weighted by atomic mass is 35.5. The highest BCUT2D eigenvalue weighted by molar-refractivity contribution is 6.30.